The van der Waals surface area contributed by atoms with Gasteiger partial charge in [-0.25, -0.2) is 0 Å². The van der Waals surface area contributed by atoms with Gasteiger partial charge in [-0.15, -0.1) is 0 Å². The second-order valence-electron chi connectivity index (χ2n) is 2.56. The SMILES string of the molecule is [CH2-]CC.[CH2-]CCC.[CH2-]CCCC.[Y].[Y].[Y]. The first-order chi connectivity index (χ1) is 5.74. The van der Waals surface area contributed by atoms with Crippen molar-refractivity contribution in [1.29, 1.82) is 0 Å². The van der Waals surface area contributed by atoms with Crippen LogP contribution in [0.5, 0.6) is 0 Å². The van der Waals surface area contributed by atoms with Gasteiger partial charge in [0.05, 0.1) is 0 Å². The summed E-state index contributed by atoms with van der Waals surface area (Å²) in [6.07, 6.45) is 6.93. The Labute approximate surface area is 175 Å². The van der Waals surface area contributed by atoms with Gasteiger partial charge in [0.2, 0.25) is 0 Å². The quantitative estimate of drug-likeness (QED) is 0.553. The second kappa shape index (κ2) is 53.1. The predicted molar refractivity (Wildman–Crippen MR) is 60.8 cm³/mol. The molecule has 0 heterocycles. The minimum Gasteiger partial charge on any atom is -0.344 e. The molecular formula is C12H27Y3-3. The molecule has 0 saturated carbocycles. The minimum absolute atomic E-state index is 0. The van der Waals surface area contributed by atoms with E-state index in [1.54, 1.807) is 0 Å². The Morgan fingerprint density at radius 1 is 0.667 bits per heavy atom. The van der Waals surface area contributed by atoms with Gasteiger partial charge in [0.1, 0.15) is 0 Å². The largest absolute Gasteiger partial charge is 0.344 e. The predicted octanol–water partition coefficient (Wildman–Crippen LogP) is 4.85. The van der Waals surface area contributed by atoms with E-state index in [0.717, 1.165) is 19.3 Å². The molecule has 0 bridgehead atoms. The zero-order valence-electron chi connectivity index (χ0n) is 11.1. The number of rotatable bonds is 3. The first-order valence-corrected chi connectivity index (χ1v) is 5.12. The smallest absolute Gasteiger partial charge is 0 e. The molecule has 0 aromatic carbocycles. The molecule has 0 aliphatic rings. The third-order valence-electron chi connectivity index (χ3n) is 0.957. The number of hydrogen-bond acceptors (Lipinski definition) is 0. The van der Waals surface area contributed by atoms with E-state index in [0.29, 0.717) is 0 Å². The molecule has 0 aliphatic carbocycles. The van der Waals surface area contributed by atoms with Crippen LogP contribution in [0.4, 0.5) is 0 Å². The second-order valence-corrected chi connectivity index (χ2v) is 2.56. The Kier molecular flexibility index (Phi) is 128. The van der Waals surface area contributed by atoms with Crippen molar-refractivity contribution in [3.05, 3.63) is 20.8 Å². The van der Waals surface area contributed by atoms with E-state index in [2.05, 4.69) is 34.6 Å². The van der Waals surface area contributed by atoms with Crippen LogP contribution in [0.2, 0.25) is 0 Å². The molecule has 15 heavy (non-hydrogen) atoms. The van der Waals surface area contributed by atoms with Crippen molar-refractivity contribution in [1.82, 2.24) is 0 Å². The Morgan fingerprint density at radius 2 is 0.933 bits per heavy atom. The molecule has 0 nitrogen and oxygen atoms in total. The standard InChI is InChI=1S/C5H11.C4H9.C3H7.3Y/c1-3-5-4-2;1-3-4-2;1-3-2;;;/h1,3-5H2,2H3;1,3-4H2,2H3;1,3H2,2H3;;;/q3*-1;;;. The molecule has 0 fully saturated rings. The average Bonchev–Trinajstić information content (AvgIpc) is 2.08. The summed E-state index contributed by atoms with van der Waals surface area (Å²) in [5, 5.41) is 0. The molecule has 0 rings (SSSR count). The minimum atomic E-state index is 0. The Morgan fingerprint density at radius 3 is 0.933 bits per heavy atom. The normalized spacial score (nSPS) is 6.00. The van der Waals surface area contributed by atoms with Crippen LogP contribution in [0, 0.1) is 20.8 Å². The van der Waals surface area contributed by atoms with Gasteiger partial charge in [-0.2, -0.15) is 19.3 Å². The van der Waals surface area contributed by atoms with Crippen LogP contribution < -0.4 is 0 Å². The Bertz CT molecular complexity index is 37.8. The molecule has 0 spiro atoms. The summed E-state index contributed by atoms with van der Waals surface area (Å²) in [6.45, 7) is 17.1. The van der Waals surface area contributed by atoms with Gasteiger partial charge in [0, 0.05) is 98.1 Å². The average molecular weight is 438 g/mol. The third-order valence-corrected chi connectivity index (χ3v) is 0.957. The monoisotopic (exact) mass is 438 g/mol. The van der Waals surface area contributed by atoms with E-state index >= 15 is 0 Å². The maximum atomic E-state index is 3.68. The number of unbranched alkanes of at least 4 members (excludes halogenated alkanes) is 3. The van der Waals surface area contributed by atoms with Gasteiger partial charge in [-0.3, -0.25) is 0 Å². The maximum Gasteiger partial charge on any atom is 0 e. The van der Waals surface area contributed by atoms with Gasteiger partial charge in [0.25, 0.3) is 0 Å². The van der Waals surface area contributed by atoms with Crippen LogP contribution in [-0.2, 0) is 98.1 Å². The van der Waals surface area contributed by atoms with Crippen LogP contribution in [0.25, 0.3) is 0 Å². The van der Waals surface area contributed by atoms with Gasteiger partial charge in [-0.05, 0) is 0 Å². The maximum absolute atomic E-state index is 3.68. The zero-order valence-corrected chi connectivity index (χ0v) is 19.6. The van der Waals surface area contributed by atoms with Gasteiger partial charge in [-0.1, -0.05) is 40.0 Å². The van der Waals surface area contributed by atoms with Crippen LogP contribution in [0.3, 0.4) is 0 Å². The fraction of sp³-hybridized carbons (Fsp3) is 0.750. The fourth-order valence-electron chi connectivity index (χ4n) is 0.250. The first-order valence-electron chi connectivity index (χ1n) is 5.12. The van der Waals surface area contributed by atoms with Gasteiger partial charge < -0.3 is 20.8 Å². The van der Waals surface area contributed by atoms with E-state index < -0.39 is 0 Å². The van der Waals surface area contributed by atoms with Crippen LogP contribution >= 0.6 is 0 Å². The molecule has 0 amide bonds. The molecule has 3 heteroatoms. The molecule has 0 unspecified atom stereocenters. The third kappa shape index (κ3) is 102. The molecule has 0 aromatic heterocycles. The Hall–Kier alpha value is 3.31. The van der Waals surface area contributed by atoms with Crippen molar-refractivity contribution in [2.24, 2.45) is 0 Å². The molecule has 0 saturated heterocycles. The molecular weight excluding hydrogens is 411 g/mol. The van der Waals surface area contributed by atoms with E-state index in [-0.39, 0.29) is 98.1 Å². The van der Waals surface area contributed by atoms with Crippen LogP contribution in [-0.4, -0.2) is 0 Å². The van der Waals surface area contributed by atoms with Crippen LogP contribution in [0.15, 0.2) is 0 Å². The summed E-state index contributed by atoms with van der Waals surface area (Å²) in [5.41, 5.74) is 0. The van der Waals surface area contributed by atoms with Crippen LogP contribution in [0.1, 0.15) is 59.3 Å². The van der Waals surface area contributed by atoms with E-state index in [1.807, 2.05) is 6.92 Å². The zero-order chi connectivity index (χ0) is 10.2. The van der Waals surface area contributed by atoms with E-state index in [9.17, 15) is 0 Å². The van der Waals surface area contributed by atoms with Crippen molar-refractivity contribution in [3.63, 3.8) is 0 Å². The summed E-state index contributed by atoms with van der Waals surface area (Å²) in [4.78, 5) is 0. The van der Waals surface area contributed by atoms with Crippen molar-refractivity contribution in [2.75, 3.05) is 0 Å². The molecule has 0 N–H and O–H groups in total. The molecule has 87 valence electrons. The fourth-order valence-corrected chi connectivity index (χ4v) is 0.250. The van der Waals surface area contributed by atoms with Crippen molar-refractivity contribution < 1.29 is 98.1 Å². The summed E-state index contributed by atoms with van der Waals surface area (Å²) in [6, 6.07) is 0. The van der Waals surface area contributed by atoms with Crippen molar-refractivity contribution >= 4 is 0 Å². The molecule has 3 radical (unpaired) electrons. The summed E-state index contributed by atoms with van der Waals surface area (Å²) >= 11 is 0. The van der Waals surface area contributed by atoms with E-state index in [1.165, 1.54) is 19.3 Å². The topological polar surface area (TPSA) is 0 Å². The number of hydrogen-bond donors (Lipinski definition) is 0. The summed E-state index contributed by atoms with van der Waals surface area (Å²) < 4.78 is 0. The van der Waals surface area contributed by atoms with Gasteiger partial charge in [0.15, 0.2) is 0 Å². The van der Waals surface area contributed by atoms with Crippen molar-refractivity contribution in [2.45, 2.75) is 59.3 Å². The van der Waals surface area contributed by atoms with Gasteiger partial charge >= 0.3 is 0 Å². The van der Waals surface area contributed by atoms with E-state index in [4.69, 9.17) is 0 Å². The van der Waals surface area contributed by atoms with Crippen molar-refractivity contribution in [3.8, 4) is 0 Å². The summed E-state index contributed by atoms with van der Waals surface area (Å²) in [7, 11) is 0. The first kappa shape index (κ1) is 36.2. The Balaban J connectivity index is -0.0000000189. The molecule has 0 atom stereocenters. The molecule has 0 aliphatic heterocycles. The molecule has 0 aromatic rings. The summed E-state index contributed by atoms with van der Waals surface area (Å²) in [5.74, 6) is 0.